The highest BCUT2D eigenvalue weighted by Gasteiger charge is 2.29. The number of aliphatic hydroxyl groups excluding tert-OH is 1. The Bertz CT molecular complexity index is 1830. The van der Waals surface area contributed by atoms with E-state index < -0.39 is 48.9 Å². The number of hydrogen-bond donors (Lipinski definition) is 3. The van der Waals surface area contributed by atoms with Crippen molar-refractivity contribution in [2.75, 3.05) is 20.5 Å². The van der Waals surface area contributed by atoms with Crippen LogP contribution < -0.4 is 15.4 Å². The van der Waals surface area contributed by atoms with Crippen molar-refractivity contribution in [1.29, 1.82) is 0 Å². The molecular weight excluding hydrogens is 694 g/mol. The third-order valence-electron chi connectivity index (χ3n) is 7.62. The molecule has 3 atom stereocenters. The van der Waals surface area contributed by atoms with E-state index in [2.05, 4.69) is 32.0 Å². The molecule has 0 spiro atoms. The number of alkyl carbamates (subject to hydrolysis) is 1. The van der Waals surface area contributed by atoms with Crippen molar-refractivity contribution < 1.29 is 43.2 Å². The fourth-order valence-electron chi connectivity index (χ4n) is 4.98. The van der Waals surface area contributed by atoms with Gasteiger partial charge in [0.25, 0.3) is 5.91 Å². The molecule has 2 aromatic heterocycles. The van der Waals surface area contributed by atoms with Crippen LogP contribution in [-0.2, 0) is 30.2 Å². The average molecular weight is 734 g/mol. The second-order valence-electron chi connectivity index (χ2n) is 11.8. The van der Waals surface area contributed by atoms with Crippen molar-refractivity contribution in [3.8, 4) is 22.8 Å². The average Bonchev–Trinajstić information content (AvgIpc) is 3.57. The van der Waals surface area contributed by atoms with Gasteiger partial charge in [-0.05, 0) is 53.3 Å². The first-order valence-electron chi connectivity index (χ1n) is 16.3. The number of carbonyl (C=O) groups is 4. The molecule has 0 bridgehead atoms. The lowest BCUT2D eigenvalue weighted by Crippen LogP contribution is -2.45. The van der Waals surface area contributed by atoms with Crippen LogP contribution >= 0.6 is 11.6 Å². The molecular formula is C37H40ClN5O9. The Morgan fingerprint density at radius 1 is 0.962 bits per heavy atom. The Balaban J connectivity index is 1.49. The standard InChI is InChI=1S/C37H40ClN5O9/c1-5-17-50-32-21-29(42-43(32)31-11-6-7-16-39-31)34(45)40-28(18-24-12-14-25(15-13-24)26-9-8-10-27(38)19-26)20-30(44)35(46)51-22-52-36(47)33(23(2)3)41-37(48)49-4/h5-16,19,21,23,28,30,33,44H,1,17-18,20,22H2,2-4H3,(H,40,45)(H,41,48)/t28-,30-,33+/m1/s1. The lowest BCUT2D eigenvalue weighted by Gasteiger charge is -2.22. The molecule has 0 aliphatic carbocycles. The zero-order chi connectivity index (χ0) is 37.6. The highest BCUT2D eigenvalue weighted by Crippen LogP contribution is 2.24. The molecule has 2 heterocycles. The first-order chi connectivity index (χ1) is 25.0. The number of amides is 2. The maximum atomic E-state index is 13.6. The monoisotopic (exact) mass is 733 g/mol. The molecule has 0 aliphatic heterocycles. The maximum Gasteiger partial charge on any atom is 0.407 e. The Labute approximate surface area is 305 Å². The summed E-state index contributed by atoms with van der Waals surface area (Å²) < 4.78 is 21.7. The third kappa shape index (κ3) is 11.1. The van der Waals surface area contributed by atoms with Gasteiger partial charge in [-0.2, -0.15) is 9.78 Å². The first kappa shape index (κ1) is 39.1. The van der Waals surface area contributed by atoms with Crippen molar-refractivity contribution in [3.05, 3.63) is 108 Å². The van der Waals surface area contributed by atoms with Gasteiger partial charge < -0.3 is 34.7 Å². The summed E-state index contributed by atoms with van der Waals surface area (Å²) in [7, 11) is 1.15. The van der Waals surface area contributed by atoms with Crippen LogP contribution in [0.15, 0.2) is 91.6 Å². The highest BCUT2D eigenvalue weighted by atomic mass is 35.5. The van der Waals surface area contributed by atoms with Crippen molar-refractivity contribution in [1.82, 2.24) is 25.4 Å². The van der Waals surface area contributed by atoms with E-state index >= 15 is 0 Å². The first-order valence-corrected chi connectivity index (χ1v) is 16.6. The molecule has 2 amide bonds. The predicted molar refractivity (Wildman–Crippen MR) is 191 cm³/mol. The van der Waals surface area contributed by atoms with Crippen LogP contribution in [0.3, 0.4) is 0 Å². The summed E-state index contributed by atoms with van der Waals surface area (Å²) in [5.74, 6) is -2.27. The zero-order valence-electron chi connectivity index (χ0n) is 28.9. The number of methoxy groups -OCH3 is 1. The summed E-state index contributed by atoms with van der Waals surface area (Å²) in [5.41, 5.74) is 2.62. The fourth-order valence-corrected chi connectivity index (χ4v) is 5.17. The van der Waals surface area contributed by atoms with Crippen molar-refractivity contribution in [2.45, 2.75) is 44.9 Å². The molecule has 52 heavy (non-hydrogen) atoms. The number of esters is 2. The van der Waals surface area contributed by atoms with Gasteiger partial charge in [0.2, 0.25) is 12.7 Å². The van der Waals surface area contributed by atoms with Gasteiger partial charge in [0.15, 0.2) is 17.6 Å². The lowest BCUT2D eigenvalue weighted by molar-refractivity contribution is -0.175. The summed E-state index contributed by atoms with van der Waals surface area (Å²) in [6, 6.07) is 19.7. The number of nitrogens with zero attached hydrogens (tertiary/aromatic N) is 3. The largest absolute Gasteiger partial charge is 0.473 e. The van der Waals surface area contributed by atoms with E-state index in [4.69, 9.17) is 25.8 Å². The van der Waals surface area contributed by atoms with Gasteiger partial charge in [-0.1, -0.05) is 80.6 Å². The van der Waals surface area contributed by atoms with Crippen LogP contribution in [0.4, 0.5) is 4.79 Å². The van der Waals surface area contributed by atoms with Crippen molar-refractivity contribution >= 4 is 35.5 Å². The summed E-state index contributed by atoms with van der Waals surface area (Å²) >= 11 is 6.17. The van der Waals surface area contributed by atoms with Gasteiger partial charge in [0.05, 0.1) is 7.11 Å². The van der Waals surface area contributed by atoms with Crippen molar-refractivity contribution in [2.24, 2.45) is 5.92 Å². The number of rotatable bonds is 17. The molecule has 0 saturated heterocycles. The molecule has 3 N–H and O–H groups in total. The molecule has 0 saturated carbocycles. The fraction of sp³-hybridized carbons (Fsp3) is 0.297. The molecule has 0 radical (unpaired) electrons. The van der Waals surface area contributed by atoms with Gasteiger partial charge in [-0.3, -0.25) is 4.79 Å². The van der Waals surface area contributed by atoms with Crippen LogP contribution in [0.1, 0.15) is 36.3 Å². The molecule has 0 unspecified atom stereocenters. The second kappa shape index (κ2) is 19.0. The number of aromatic nitrogens is 3. The van der Waals surface area contributed by atoms with Crippen LogP contribution in [0.25, 0.3) is 16.9 Å². The molecule has 2 aromatic carbocycles. The van der Waals surface area contributed by atoms with Gasteiger partial charge in [-0.25, -0.2) is 19.4 Å². The molecule has 15 heteroatoms. The van der Waals surface area contributed by atoms with E-state index in [0.717, 1.165) is 23.8 Å². The van der Waals surface area contributed by atoms with Gasteiger partial charge in [0.1, 0.15) is 12.6 Å². The number of nitrogens with one attached hydrogen (secondary N) is 2. The summed E-state index contributed by atoms with van der Waals surface area (Å²) in [6.07, 6.45) is 0.503. The lowest BCUT2D eigenvalue weighted by atomic mass is 9.97. The van der Waals surface area contributed by atoms with Crippen LogP contribution in [0.2, 0.25) is 5.02 Å². The molecule has 0 aliphatic rings. The minimum atomic E-state index is -1.72. The van der Waals surface area contributed by atoms with Crippen molar-refractivity contribution in [3.63, 3.8) is 0 Å². The Morgan fingerprint density at radius 2 is 1.71 bits per heavy atom. The van der Waals surface area contributed by atoms with E-state index in [9.17, 15) is 24.3 Å². The van der Waals surface area contributed by atoms with Gasteiger partial charge in [-0.15, -0.1) is 0 Å². The molecule has 274 valence electrons. The number of pyridine rings is 1. The summed E-state index contributed by atoms with van der Waals surface area (Å²) in [4.78, 5) is 54.8. The molecule has 14 nitrogen and oxygen atoms in total. The van der Waals surface area contributed by atoms with E-state index in [1.807, 2.05) is 42.5 Å². The maximum absolute atomic E-state index is 13.6. The Hall–Kier alpha value is -5.73. The van der Waals surface area contributed by atoms with Crippen LogP contribution in [-0.4, -0.2) is 82.5 Å². The summed E-state index contributed by atoms with van der Waals surface area (Å²) in [6.45, 7) is 6.34. The van der Waals surface area contributed by atoms with Crippen LogP contribution in [0.5, 0.6) is 5.88 Å². The number of carbonyl (C=O) groups excluding carboxylic acids is 4. The minimum absolute atomic E-state index is 0.00438. The molecule has 4 rings (SSSR count). The smallest absolute Gasteiger partial charge is 0.407 e. The summed E-state index contributed by atoms with van der Waals surface area (Å²) in [5, 5.41) is 21.1. The number of aliphatic hydroxyl groups is 1. The normalized spacial score (nSPS) is 12.6. The second-order valence-corrected chi connectivity index (χ2v) is 12.2. The third-order valence-corrected chi connectivity index (χ3v) is 7.85. The highest BCUT2D eigenvalue weighted by molar-refractivity contribution is 6.30. The molecule has 4 aromatic rings. The zero-order valence-corrected chi connectivity index (χ0v) is 29.6. The Kier molecular flexibility index (Phi) is 14.3. The number of hydrogen-bond acceptors (Lipinski definition) is 11. The number of benzene rings is 2. The van der Waals surface area contributed by atoms with Gasteiger partial charge >= 0.3 is 18.0 Å². The number of ether oxygens (including phenoxy) is 4. The SMILES string of the molecule is C=CCOc1cc(C(=O)N[C@H](Cc2ccc(-c3cccc(Cl)c3)cc2)C[C@@H](O)C(=O)OCOC(=O)[C@@H](NC(=O)OC)C(C)C)nn1-c1ccccn1. The van der Waals surface area contributed by atoms with E-state index in [1.54, 1.807) is 50.4 Å². The molecule has 0 fully saturated rings. The number of halogens is 1. The quantitative estimate of drug-likeness (QED) is 0.0780. The van der Waals surface area contributed by atoms with Crippen LogP contribution in [0, 0.1) is 5.92 Å². The van der Waals surface area contributed by atoms with E-state index in [0.29, 0.717) is 10.8 Å². The van der Waals surface area contributed by atoms with E-state index in [1.165, 1.54) is 10.7 Å². The predicted octanol–water partition coefficient (Wildman–Crippen LogP) is 4.67. The van der Waals surface area contributed by atoms with Gasteiger partial charge in [0, 0.05) is 29.7 Å². The minimum Gasteiger partial charge on any atom is -0.473 e. The Morgan fingerprint density at radius 3 is 2.37 bits per heavy atom. The topological polar surface area (TPSA) is 180 Å². The van der Waals surface area contributed by atoms with E-state index in [-0.39, 0.29) is 36.9 Å².